The lowest BCUT2D eigenvalue weighted by Crippen LogP contribution is -2.39. The van der Waals surface area contributed by atoms with E-state index in [4.69, 9.17) is 20.8 Å². The van der Waals surface area contributed by atoms with E-state index in [0.29, 0.717) is 35.7 Å². The van der Waals surface area contributed by atoms with Gasteiger partial charge in [0.25, 0.3) is 5.91 Å². The third-order valence-corrected chi connectivity index (χ3v) is 4.37. The van der Waals surface area contributed by atoms with Crippen LogP contribution in [0.3, 0.4) is 0 Å². The summed E-state index contributed by atoms with van der Waals surface area (Å²) in [5, 5.41) is 6.93. The average Bonchev–Trinajstić information content (AvgIpc) is 3.12. The first-order valence-corrected chi connectivity index (χ1v) is 8.21. The molecule has 2 heterocycles. The standard InChI is InChI=1S/C16H15ClF3N3O3/c1-25-12-5-4-10(17)7-11(12)14(24)23-6-2-3-9(8-23)13-21-22-15(26-13)16(18,19)20/h4-5,7,9H,2-3,6,8H2,1H3. The number of nitrogens with zero attached hydrogens (tertiary/aromatic N) is 3. The maximum atomic E-state index is 12.8. The first kappa shape index (κ1) is 18.5. The van der Waals surface area contributed by atoms with Crippen LogP contribution in [0.5, 0.6) is 5.75 Å². The number of methoxy groups -OCH3 is 1. The molecule has 1 atom stereocenters. The number of likely N-dealkylation sites (tertiary alicyclic amines) is 1. The van der Waals surface area contributed by atoms with Crippen LogP contribution in [0.1, 0.15) is 40.9 Å². The normalized spacial score (nSPS) is 18.0. The van der Waals surface area contributed by atoms with Gasteiger partial charge in [0.2, 0.25) is 5.89 Å². The van der Waals surface area contributed by atoms with Crippen molar-refractivity contribution < 1.29 is 27.1 Å². The van der Waals surface area contributed by atoms with Crippen molar-refractivity contribution >= 4 is 17.5 Å². The molecule has 0 bridgehead atoms. The number of rotatable bonds is 3. The lowest BCUT2D eigenvalue weighted by Gasteiger charge is -2.31. The third-order valence-electron chi connectivity index (χ3n) is 4.13. The van der Waals surface area contributed by atoms with Crippen molar-refractivity contribution in [3.05, 3.63) is 40.6 Å². The van der Waals surface area contributed by atoms with Gasteiger partial charge in [-0.1, -0.05) is 11.6 Å². The van der Waals surface area contributed by atoms with E-state index in [9.17, 15) is 18.0 Å². The van der Waals surface area contributed by atoms with E-state index >= 15 is 0 Å². The number of alkyl halides is 3. The Balaban J connectivity index is 1.79. The molecule has 3 rings (SSSR count). The van der Waals surface area contributed by atoms with Gasteiger partial charge < -0.3 is 14.1 Å². The maximum Gasteiger partial charge on any atom is 0.470 e. The van der Waals surface area contributed by atoms with Crippen LogP contribution in [-0.2, 0) is 6.18 Å². The van der Waals surface area contributed by atoms with Crippen LogP contribution in [0.15, 0.2) is 22.6 Å². The van der Waals surface area contributed by atoms with Gasteiger partial charge in [-0.05, 0) is 31.0 Å². The van der Waals surface area contributed by atoms with E-state index in [1.807, 2.05) is 0 Å². The summed E-state index contributed by atoms with van der Waals surface area (Å²) in [5.74, 6) is -1.90. The highest BCUT2D eigenvalue weighted by molar-refractivity contribution is 6.31. The van der Waals surface area contributed by atoms with E-state index in [-0.39, 0.29) is 18.3 Å². The second-order valence-corrected chi connectivity index (χ2v) is 6.31. The van der Waals surface area contributed by atoms with Crippen molar-refractivity contribution in [2.24, 2.45) is 0 Å². The lowest BCUT2D eigenvalue weighted by molar-refractivity contribution is -0.157. The number of hydrogen-bond donors (Lipinski definition) is 0. The number of aromatic nitrogens is 2. The lowest BCUT2D eigenvalue weighted by atomic mass is 9.97. The van der Waals surface area contributed by atoms with Gasteiger partial charge in [-0.3, -0.25) is 4.79 Å². The molecular formula is C16H15ClF3N3O3. The molecule has 1 unspecified atom stereocenters. The number of hydrogen-bond acceptors (Lipinski definition) is 5. The van der Waals surface area contributed by atoms with Gasteiger partial charge in [-0.15, -0.1) is 10.2 Å². The molecule has 0 radical (unpaired) electrons. The molecule has 140 valence electrons. The van der Waals surface area contributed by atoms with Crippen LogP contribution in [0.2, 0.25) is 5.02 Å². The Morgan fingerprint density at radius 3 is 2.81 bits per heavy atom. The number of amides is 1. The first-order valence-electron chi connectivity index (χ1n) is 7.83. The number of piperidine rings is 1. The van der Waals surface area contributed by atoms with Crippen molar-refractivity contribution in [1.82, 2.24) is 15.1 Å². The predicted molar refractivity (Wildman–Crippen MR) is 85.2 cm³/mol. The van der Waals surface area contributed by atoms with Crippen LogP contribution < -0.4 is 4.74 Å². The molecule has 1 fully saturated rings. The molecule has 1 amide bonds. The van der Waals surface area contributed by atoms with E-state index in [1.54, 1.807) is 12.1 Å². The molecule has 1 saturated heterocycles. The SMILES string of the molecule is COc1ccc(Cl)cc1C(=O)N1CCCC(c2nnc(C(F)(F)F)o2)C1. The zero-order valence-electron chi connectivity index (χ0n) is 13.7. The summed E-state index contributed by atoms with van der Waals surface area (Å²) in [5.41, 5.74) is 0.294. The Hall–Kier alpha value is -2.29. The molecule has 1 aliphatic heterocycles. The summed E-state index contributed by atoms with van der Waals surface area (Å²) in [7, 11) is 1.44. The summed E-state index contributed by atoms with van der Waals surface area (Å²) in [6.45, 7) is 0.638. The Morgan fingerprint density at radius 1 is 1.38 bits per heavy atom. The van der Waals surface area contributed by atoms with Crippen molar-refractivity contribution in [3.8, 4) is 5.75 Å². The number of ether oxygens (including phenoxy) is 1. The minimum absolute atomic E-state index is 0.118. The van der Waals surface area contributed by atoms with Crippen molar-refractivity contribution in [3.63, 3.8) is 0 Å². The average molecular weight is 390 g/mol. The molecule has 0 spiro atoms. The summed E-state index contributed by atoms with van der Waals surface area (Å²) < 4.78 is 47.8. The van der Waals surface area contributed by atoms with Crippen LogP contribution in [0, 0.1) is 0 Å². The Bertz CT molecular complexity index is 810. The molecule has 1 aromatic heterocycles. The van der Waals surface area contributed by atoms with E-state index in [1.165, 1.54) is 18.1 Å². The monoisotopic (exact) mass is 389 g/mol. The Labute approximate surface area is 151 Å². The maximum absolute atomic E-state index is 12.8. The van der Waals surface area contributed by atoms with Crippen molar-refractivity contribution in [2.45, 2.75) is 24.9 Å². The van der Waals surface area contributed by atoms with Crippen LogP contribution in [-0.4, -0.2) is 41.2 Å². The fraction of sp³-hybridized carbons (Fsp3) is 0.438. The van der Waals surface area contributed by atoms with Crippen molar-refractivity contribution in [1.29, 1.82) is 0 Å². The highest BCUT2D eigenvalue weighted by Gasteiger charge is 2.39. The van der Waals surface area contributed by atoms with Gasteiger partial charge in [0.1, 0.15) is 5.75 Å². The summed E-state index contributed by atoms with van der Waals surface area (Å²) >= 11 is 5.96. The van der Waals surface area contributed by atoms with Crippen LogP contribution in [0.25, 0.3) is 0 Å². The van der Waals surface area contributed by atoms with Gasteiger partial charge in [0.15, 0.2) is 0 Å². The van der Waals surface area contributed by atoms with Crippen LogP contribution >= 0.6 is 11.6 Å². The molecule has 0 N–H and O–H groups in total. The number of halogens is 4. The topological polar surface area (TPSA) is 68.5 Å². The molecule has 1 aromatic carbocycles. The molecule has 2 aromatic rings. The minimum Gasteiger partial charge on any atom is -0.496 e. The summed E-state index contributed by atoms with van der Waals surface area (Å²) in [6, 6.07) is 4.69. The van der Waals surface area contributed by atoms with Gasteiger partial charge in [0.05, 0.1) is 18.6 Å². The number of carbonyl (C=O) groups excluding carboxylic acids is 1. The van der Waals surface area contributed by atoms with Gasteiger partial charge in [0, 0.05) is 18.1 Å². The molecule has 0 aliphatic carbocycles. The fourth-order valence-corrected chi connectivity index (χ4v) is 3.07. The number of benzene rings is 1. The van der Waals surface area contributed by atoms with Crippen molar-refractivity contribution in [2.75, 3.05) is 20.2 Å². The Morgan fingerprint density at radius 2 is 2.15 bits per heavy atom. The number of carbonyl (C=O) groups is 1. The predicted octanol–water partition coefficient (Wildman–Crippen LogP) is 3.77. The molecular weight excluding hydrogens is 375 g/mol. The molecule has 10 heteroatoms. The zero-order valence-corrected chi connectivity index (χ0v) is 14.5. The minimum atomic E-state index is -4.69. The molecule has 0 saturated carbocycles. The van der Waals surface area contributed by atoms with Gasteiger partial charge in [-0.2, -0.15) is 13.2 Å². The van der Waals surface area contributed by atoms with Crippen LogP contribution in [0.4, 0.5) is 13.2 Å². The fourth-order valence-electron chi connectivity index (χ4n) is 2.89. The van der Waals surface area contributed by atoms with Gasteiger partial charge >= 0.3 is 12.1 Å². The van der Waals surface area contributed by atoms with E-state index in [2.05, 4.69) is 10.2 Å². The molecule has 1 aliphatic rings. The molecule has 6 nitrogen and oxygen atoms in total. The molecule has 26 heavy (non-hydrogen) atoms. The highest BCUT2D eigenvalue weighted by Crippen LogP contribution is 2.33. The van der Waals surface area contributed by atoms with Gasteiger partial charge in [-0.25, -0.2) is 0 Å². The summed E-state index contributed by atoms with van der Waals surface area (Å²) in [4.78, 5) is 14.3. The largest absolute Gasteiger partial charge is 0.496 e. The second-order valence-electron chi connectivity index (χ2n) is 5.88. The van der Waals surface area contributed by atoms with E-state index in [0.717, 1.165) is 0 Å². The van der Waals surface area contributed by atoms with E-state index < -0.39 is 18.0 Å². The Kier molecular flexibility index (Phi) is 5.08. The summed E-state index contributed by atoms with van der Waals surface area (Å²) in [6.07, 6.45) is -3.54. The quantitative estimate of drug-likeness (QED) is 0.799. The zero-order chi connectivity index (χ0) is 18.9. The smallest absolute Gasteiger partial charge is 0.470 e. The third kappa shape index (κ3) is 3.77. The first-order chi connectivity index (χ1) is 12.3. The highest BCUT2D eigenvalue weighted by atomic mass is 35.5. The second kappa shape index (κ2) is 7.14.